The van der Waals surface area contributed by atoms with E-state index in [1.165, 1.54) is 6.26 Å². The molecule has 0 N–H and O–H groups in total. The lowest BCUT2D eigenvalue weighted by Crippen LogP contribution is -2.16. The molecule has 1 saturated heterocycles. The summed E-state index contributed by atoms with van der Waals surface area (Å²) in [4.78, 5) is 11.4. The number of carbonyl (C=O) groups excluding carboxylic acids is 1. The largest absolute Gasteiger partial charge is 0.486 e. The first-order valence-electron chi connectivity index (χ1n) is 5.06. The van der Waals surface area contributed by atoms with Crippen molar-refractivity contribution in [2.24, 2.45) is 0 Å². The first-order valence-corrected chi connectivity index (χ1v) is 5.06. The van der Waals surface area contributed by atoms with Crippen molar-refractivity contribution in [1.29, 1.82) is 0 Å². The van der Waals surface area contributed by atoms with Crippen LogP contribution in [0.5, 0.6) is 0 Å². The number of Topliss-reactive ketones (excluding diaryl/α,β-unsaturated/α-hetero) is 1. The topological polar surface area (TPSA) is 57.3 Å². The van der Waals surface area contributed by atoms with Gasteiger partial charge in [0.25, 0.3) is 6.29 Å². The number of hydrogen-bond acceptors (Lipinski definition) is 5. The van der Waals surface area contributed by atoms with Crippen molar-refractivity contribution in [3.8, 4) is 0 Å². The number of epoxide rings is 1. The van der Waals surface area contributed by atoms with E-state index in [1.54, 1.807) is 6.92 Å². The van der Waals surface area contributed by atoms with Gasteiger partial charge in [0, 0.05) is 6.61 Å². The Bertz CT molecular complexity index is 286. The highest BCUT2D eigenvalue weighted by Gasteiger charge is 2.45. The molecule has 2 aliphatic rings. The van der Waals surface area contributed by atoms with Gasteiger partial charge in [0.2, 0.25) is 17.8 Å². The molecule has 0 bridgehead atoms. The highest BCUT2D eigenvalue weighted by atomic mass is 16.9. The summed E-state index contributed by atoms with van der Waals surface area (Å²) in [6.45, 7) is 4.31. The lowest BCUT2D eigenvalue weighted by molar-refractivity contribution is -0.123. The zero-order chi connectivity index (χ0) is 10.8. The van der Waals surface area contributed by atoms with Crippen LogP contribution in [0.15, 0.2) is 12.0 Å². The Balaban J connectivity index is 1.74. The summed E-state index contributed by atoms with van der Waals surface area (Å²) in [5.41, 5.74) is 0. The van der Waals surface area contributed by atoms with E-state index < -0.39 is 12.4 Å². The van der Waals surface area contributed by atoms with Crippen molar-refractivity contribution >= 4 is 5.78 Å². The molecule has 84 valence electrons. The molecular formula is C10H14O5. The summed E-state index contributed by atoms with van der Waals surface area (Å²) in [5, 5.41) is 0. The molecule has 0 saturated carbocycles. The van der Waals surface area contributed by atoms with Gasteiger partial charge < -0.3 is 18.9 Å². The summed E-state index contributed by atoms with van der Waals surface area (Å²) >= 11 is 0. The fourth-order valence-electron chi connectivity index (χ4n) is 1.22. The zero-order valence-corrected chi connectivity index (χ0v) is 8.76. The van der Waals surface area contributed by atoms with E-state index in [-0.39, 0.29) is 17.8 Å². The third kappa shape index (κ3) is 2.30. The molecule has 5 nitrogen and oxygen atoms in total. The Morgan fingerprint density at radius 3 is 2.87 bits per heavy atom. The second kappa shape index (κ2) is 4.20. The highest BCUT2D eigenvalue weighted by molar-refractivity contribution is 5.98. The number of hydrogen-bond donors (Lipinski definition) is 0. The number of carbonyl (C=O) groups is 1. The predicted molar refractivity (Wildman–Crippen MR) is 49.6 cm³/mol. The van der Waals surface area contributed by atoms with E-state index in [2.05, 4.69) is 0 Å². The molecule has 0 aromatic rings. The van der Waals surface area contributed by atoms with Crippen LogP contribution in [0, 0.1) is 0 Å². The third-order valence-corrected chi connectivity index (χ3v) is 2.13. The molecule has 3 unspecified atom stereocenters. The van der Waals surface area contributed by atoms with Gasteiger partial charge in [-0.1, -0.05) is 6.92 Å². The van der Waals surface area contributed by atoms with E-state index in [0.29, 0.717) is 6.61 Å². The maximum atomic E-state index is 11.4. The van der Waals surface area contributed by atoms with Crippen LogP contribution in [-0.2, 0) is 23.7 Å². The Morgan fingerprint density at radius 2 is 2.27 bits per heavy atom. The summed E-state index contributed by atoms with van der Waals surface area (Å²) in [5.74, 6) is 0.0647. The van der Waals surface area contributed by atoms with Gasteiger partial charge in [-0.25, -0.2) is 0 Å². The summed E-state index contributed by atoms with van der Waals surface area (Å²) in [6, 6.07) is 0. The van der Waals surface area contributed by atoms with Crippen molar-refractivity contribution < 1.29 is 23.7 Å². The van der Waals surface area contributed by atoms with Crippen molar-refractivity contribution in [1.82, 2.24) is 0 Å². The van der Waals surface area contributed by atoms with Crippen molar-refractivity contribution in [2.45, 2.75) is 39.0 Å². The minimum atomic E-state index is -0.458. The monoisotopic (exact) mass is 214 g/mol. The standard InChI is InChI=1S/C10H14O5/c1-3-4-12-9-10(15-9)14-7-5-13-6(2)8(7)11/h5-6,9-10H,3-4H2,1-2H3. The lowest BCUT2D eigenvalue weighted by Gasteiger charge is -2.01. The van der Waals surface area contributed by atoms with Gasteiger partial charge in [0.15, 0.2) is 6.10 Å². The molecule has 2 aliphatic heterocycles. The van der Waals surface area contributed by atoms with Gasteiger partial charge in [0.1, 0.15) is 6.26 Å². The molecule has 2 heterocycles. The molecule has 0 radical (unpaired) electrons. The molecule has 0 amide bonds. The fourth-order valence-corrected chi connectivity index (χ4v) is 1.22. The summed E-state index contributed by atoms with van der Waals surface area (Å²) < 4.78 is 20.6. The van der Waals surface area contributed by atoms with Gasteiger partial charge in [0.05, 0.1) is 0 Å². The van der Waals surface area contributed by atoms with Crippen LogP contribution in [0.4, 0.5) is 0 Å². The van der Waals surface area contributed by atoms with Crippen LogP contribution in [0.2, 0.25) is 0 Å². The molecule has 15 heavy (non-hydrogen) atoms. The maximum Gasteiger partial charge on any atom is 0.254 e. The average molecular weight is 214 g/mol. The normalized spacial score (nSPS) is 33.6. The van der Waals surface area contributed by atoms with Crippen LogP contribution in [0.3, 0.4) is 0 Å². The molecule has 2 rings (SSSR count). The zero-order valence-electron chi connectivity index (χ0n) is 8.76. The van der Waals surface area contributed by atoms with Crippen LogP contribution >= 0.6 is 0 Å². The SMILES string of the molecule is CCCOC1OC1OC1=COC(C)C1=O. The van der Waals surface area contributed by atoms with Crippen LogP contribution in [0.1, 0.15) is 20.3 Å². The lowest BCUT2D eigenvalue weighted by atomic mass is 10.2. The van der Waals surface area contributed by atoms with Crippen LogP contribution in [0.25, 0.3) is 0 Å². The molecule has 1 fully saturated rings. The number of rotatable bonds is 5. The summed E-state index contributed by atoms with van der Waals surface area (Å²) in [7, 11) is 0. The Morgan fingerprint density at radius 1 is 1.47 bits per heavy atom. The smallest absolute Gasteiger partial charge is 0.254 e. The minimum absolute atomic E-state index is 0.153. The van der Waals surface area contributed by atoms with Gasteiger partial charge >= 0.3 is 0 Å². The molecule has 3 atom stereocenters. The Labute approximate surface area is 87.9 Å². The maximum absolute atomic E-state index is 11.4. The molecule has 0 aliphatic carbocycles. The second-order valence-electron chi connectivity index (χ2n) is 3.49. The number of ether oxygens (including phenoxy) is 4. The van der Waals surface area contributed by atoms with E-state index in [0.717, 1.165) is 6.42 Å². The molecular weight excluding hydrogens is 200 g/mol. The summed E-state index contributed by atoms with van der Waals surface area (Å²) in [6.07, 6.45) is 1.00. The first kappa shape index (κ1) is 10.4. The minimum Gasteiger partial charge on any atom is -0.486 e. The predicted octanol–water partition coefficient (Wildman–Crippen LogP) is 0.941. The van der Waals surface area contributed by atoms with E-state index in [4.69, 9.17) is 18.9 Å². The van der Waals surface area contributed by atoms with Gasteiger partial charge in [-0.05, 0) is 13.3 Å². The molecule has 0 aromatic carbocycles. The molecule has 5 heteroatoms. The first-order chi connectivity index (χ1) is 7.22. The van der Waals surface area contributed by atoms with Crippen LogP contribution in [-0.4, -0.2) is 31.1 Å². The van der Waals surface area contributed by atoms with E-state index >= 15 is 0 Å². The van der Waals surface area contributed by atoms with Gasteiger partial charge in [-0.3, -0.25) is 4.79 Å². The quantitative estimate of drug-likeness (QED) is 0.637. The number of ketones is 1. The second-order valence-corrected chi connectivity index (χ2v) is 3.49. The van der Waals surface area contributed by atoms with Crippen LogP contribution < -0.4 is 0 Å². The molecule has 0 spiro atoms. The average Bonchev–Trinajstić information content (AvgIpc) is 2.90. The van der Waals surface area contributed by atoms with E-state index in [1.807, 2.05) is 6.92 Å². The highest BCUT2D eigenvalue weighted by Crippen LogP contribution is 2.29. The third-order valence-electron chi connectivity index (χ3n) is 2.13. The van der Waals surface area contributed by atoms with Gasteiger partial charge in [-0.2, -0.15) is 0 Å². The fraction of sp³-hybridized carbons (Fsp3) is 0.700. The van der Waals surface area contributed by atoms with Crippen molar-refractivity contribution in [3.63, 3.8) is 0 Å². The van der Waals surface area contributed by atoms with E-state index in [9.17, 15) is 4.79 Å². The Kier molecular flexibility index (Phi) is 2.93. The molecule has 0 aromatic heterocycles. The van der Waals surface area contributed by atoms with Gasteiger partial charge in [-0.15, -0.1) is 0 Å². The van der Waals surface area contributed by atoms with Crippen molar-refractivity contribution in [2.75, 3.05) is 6.61 Å². The van der Waals surface area contributed by atoms with Crippen molar-refractivity contribution in [3.05, 3.63) is 12.0 Å². The Hall–Kier alpha value is -1.07.